The predicted molar refractivity (Wildman–Crippen MR) is 53.3 cm³/mol. The average molecular weight is 218 g/mol. The molecule has 0 spiro atoms. The van der Waals surface area contributed by atoms with E-state index in [2.05, 4.69) is 9.47 Å². The second kappa shape index (κ2) is 7.23. The first-order valence-electron chi connectivity index (χ1n) is 4.78. The molecule has 0 aliphatic heterocycles. The molecule has 2 atom stereocenters. The van der Waals surface area contributed by atoms with Crippen LogP contribution in [-0.2, 0) is 23.8 Å². The highest BCUT2D eigenvalue weighted by Gasteiger charge is 2.15. The molecule has 0 saturated heterocycles. The Morgan fingerprint density at radius 2 is 1.27 bits per heavy atom. The highest BCUT2D eigenvalue weighted by Crippen LogP contribution is 2.07. The summed E-state index contributed by atoms with van der Waals surface area (Å²) >= 11 is 0. The Morgan fingerprint density at radius 1 is 0.933 bits per heavy atom. The van der Waals surface area contributed by atoms with E-state index >= 15 is 0 Å². The monoisotopic (exact) mass is 218 g/mol. The summed E-state index contributed by atoms with van der Waals surface area (Å²) in [6, 6.07) is 0. The summed E-state index contributed by atoms with van der Waals surface area (Å²) in [5.74, 6) is -0.652. The quantitative estimate of drug-likeness (QED) is 0.620. The molecule has 0 aliphatic carbocycles. The highest BCUT2D eigenvalue weighted by atomic mass is 16.5. The molecule has 0 aromatic heterocycles. The second-order valence-corrected chi connectivity index (χ2v) is 3.32. The van der Waals surface area contributed by atoms with Gasteiger partial charge in [0.2, 0.25) is 0 Å². The number of carbonyl (C=O) groups is 2. The van der Waals surface area contributed by atoms with Crippen LogP contribution in [0.25, 0.3) is 0 Å². The van der Waals surface area contributed by atoms with E-state index in [1.165, 1.54) is 14.2 Å². The summed E-state index contributed by atoms with van der Waals surface area (Å²) in [6.45, 7) is 3.51. The van der Waals surface area contributed by atoms with Crippen molar-refractivity contribution in [2.24, 2.45) is 0 Å². The molecule has 5 heteroatoms. The van der Waals surface area contributed by atoms with Crippen molar-refractivity contribution in [2.45, 2.75) is 38.9 Å². The lowest BCUT2D eigenvalue weighted by Crippen LogP contribution is -2.23. The molecule has 0 saturated carbocycles. The van der Waals surface area contributed by atoms with Crippen LogP contribution in [0.4, 0.5) is 0 Å². The molecule has 15 heavy (non-hydrogen) atoms. The normalized spacial score (nSPS) is 14.1. The molecule has 0 rings (SSSR count). The number of carbonyl (C=O) groups excluding carboxylic acids is 2. The predicted octanol–water partition coefficient (Wildman–Crippen LogP) is 0.906. The molecular formula is C10H18O5. The third kappa shape index (κ3) is 6.90. The Kier molecular flexibility index (Phi) is 6.70. The van der Waals surface area contributed by atoms with E-state index in [-0.39, 0.29) is 37.0 Å². The first-order chi connectivity index (χ1) is 6.99. The first-order valence-corrected chi connectivity index (χ1v) is 4.78. The minimum atomic E-state index is -0.326. The molecule has 2 unspecified atom stereocenters. The van der Waals surface area contributed by atoms with Crippen LogP contribution in [0, 0.1) is 0 Å². The van der Waals surface area contributed by atoms with Crippen LogP contribution in [0.15, 0.2) is 0 Å². The number of esters is 2. The van der Waals surface area contributed by atoms with Crippen molar-refractivity contribution >= 4 is 11.9 Å². The summed E-state index contributed by atoms with van der Waals surface area (Å²) < 4.78 is 14.4. The number of ether oxygens (including phenoxy) is 3. The van der Waals surface area contributed by atoms with Gasteiger partial charge in [-0.25, -0.2) is 0 Å². The largest absolute Gasteiger partial charge is 0.469 e. The Bertz CT molecular complexity index is 192. The summed E-state index contributed by atoms with van der Waals surface area (Å²) in [4.78, 5) is 21.8. The highest BCUT2D eigenvalue weighted by molar-refractivity contribution is 5.70. The van der Waals surface area contributed by atoms with Crippen molar-refractivity contribution in [3.8, 4) is 0 Å². The maximum atomic E-state index is 10.9. The smallest absolute Gasteiger partial charge is 0.308 e. The summed E-state index contributed by atoms with van der Waals surface area (Å²) in [7, 11) is 2.65. The number of hydrogen-bond donors (Lipinski definition) is 0. The fraction of sp³-hybridized carbons (Fsp3) is 0.800. The second-order valence-electron chi connectivity index (χ2n) is 3.32. The minimum absolute atomic E-state index is 0.183. The van der Waals surface area contributed by atoms with Gasteiger partial charge in [0, 0.05) is 0 Å². The lowest BCUT2D eigenvalue weighted by atomic mass is 10.2. The van der Waals surface area contributed by atoms with Crippen LogP contribution in [-0.4, -0.2) is 38.4 Å². The third-order valence-corrected chi connectivity index (χ3v) is 1.83. The lowest BCUT2D eigenvalue weighted by Gasteiger charge is -2.17. The first kappa shape index (κ1) is 13.9. The van der Waals surface area contributed by atoms with Gasteiger partial charge in [0.15, 0.2) is 0 Å². The topological polar surface area (TPSA) is 61.8 Å². The molecule has 0 aromatic rings. The molecule has 0 N–H and O–H groups in total. The standard InChI is InChI=1S/C10H18O5/c1-7(5-9(11)13-3)15-8(2)6-10(12)14-4/h7-8H,5-6H2,1-4H3. The van der Waals surface area contributed by atoms with Crippen molar-refractivity contribution in [2.75, 3.05) is 14.2 Å². The van der Waals surface area contributed by atoms with Crippen molar-refractivity contribution in [1.29, 1.82) is 0 Å². The van der Waals surface area contributed by atoms with Gasteiger partial charge in [0.1, 0.15) is 0 Å². The van der Waals surface area contributed by atoms with E-state index < -0.39 is 0 Å². The molecule has 0 aliphatic rings. The van der Waals surface area contributed by atoms with Gasteiger partial charge in [-0.3, -0.25) is 9.59 Å². The molecule has 5 nitrogen and oxygen atoms in total. The van der Waals surface area contributed by atoms with Gasteiger partial charge in [-0.1, -0.05) is 0 Å². The number of hydrogen-bond acceptors (Lipinski definition) is 5. The lowest BCUT2D eigenvalue weighted by molar-refractivity contribution is -0.147. The molecule has 0 radical (unpaired) electrons. The zero-order chi connectivity index (χ0) is 11.8. The van der Waals surface area contributed by atoms with Crippen molar-refractivity contribution in [3.05, 3.63) is 0 Å². The number of rotatable bonds is 6. The molecular weight excluding hydrogens is 200 g/mol. The van der Waals surface area contributed by atoms with Gasteiger partial charge >= 0.3 is 11.9 Å². The van der Waals surface area contributed by atoms with E-state index in [0.29, 0.717) is 0 Å². The zero-order valence-corrected chi connectivity index (χ0v) is 9.61. The van der Waals surface area contributed by atoms with Crippen LogP contribution < -0.4 is 0 Å². The van der Waals surface area contributed by atoms with Gasteiger partial charge in [-0.15, -0.1) is 0 Å². The molecule has 88 valence electrons. The summed E-state index contributed by atoms with van der Waals surface area (Å²) in [5.41, 5.74) is 0. The summed E-state index contributed by atoms with van der Waals surface area (Å²) in [5, 5.41) is 0. The van der Waals surface area contributed by atoms with Crippen molar-refractivity contribution in [1.82, 2.24) is 0 Å². The summed E-state index contributed by atoms with van der Waals surface area (Å²) in [6.07, 6.45) is -0.168. The van der Waals surface area contributed by atoms with Crippen LogP contribution in [0.5, 0.6) is 0 Å². The van der Waals surface area contributed by atoms with Gasteiger partial charge in [0.25, 0.3) is 0 Å². The molecule has 0 heterocycles. The van der Waals surface area contributed by atoms with E-state index in [9.17, 15) is 9.59 Å². The Hall–Kier alpha value is -1.10. The van der Waals surface area contributed by atoms with E-state index in [0.717, 1.165) is 0 Å². The van der Waals surface area contributed by atoms with Crippen LogP contribution in [0.3, 0.4) is 0 Å². The van der Waals surface area contributed by atoms with Crippen LogP contribution in [0.1, 0.15) is 26.7 Å². The van der Waals surface area contributed by atoms with E-state index in [1.54, 1.807) is 13.8 Å². The Balaban J connectivity index is 3.80. The van der Waals surface area contributed by atoms with Crippen LogP contribution >= 0.6 is 0 Å². The maximum absolute atomic E-state index is 10.9. The van der Waals surface area contributed by atoms with Gasteiger partial charge in [0.05, 0.1) is 39.3 Å². The van der Waals surface area contributed by atoms with Crippen molar-refractivity contribution < 1.29 is 23.8 Å². The third-order valence-electron chi connectivity index (χ3n) is 1.83. The fourth-order valence-corrected chi connectivity index (χ4v) is 1.13. The Morgan fingerprint density at radius 3 is 1.53 bits per heavy atom. The average Bonchev–Trinajstić information content (AvgIpc) is 2.16. The van der Waals surface area contributed by atoms with Crippen LogP contribution in [0.2, 0.25) is 0 Å². The zero-order valence-electron chi connectivity index (χ0n) is 9.61. The minimum Gasteiger partial charge on any atom is -0.469 e. The number of methoxy groups -OCH3 is 2. The molecule has 0 aromatic carbocycles. The van der Waals surface area contributed by atoms with Crippen molar-refractivity contribution in [3.63, 3.8) is 0 Å². The fourth-order valence-electron chi connectivity index (χ4n) is 1.13. The van der Waals surface area contributed by atoms with Gasteiger partial charge in [-0.2, -0.15) is 0 Å². The molecule has 0 fully saturated rings. The van der Waals surface area contributed by atoms with E-state index in [4.69, 9.17) is 4.74 Å². The maximum Gasteiger partial charge on any atom is 0.308 e. The van der Waals surface area contributed by atoms with Gasteiger partial charge in [-0.05, 0) is 13.8 Å². The van der Waals surface area contributed by atoms with E-state index in [1.807, 2.05) is 0 Å². The SMILES string of the molecule is COC(=O)CC(C)OC(C)CC(=O)OC. The van der Waals surface area contributed by atoms with Gasteiger partial charge < -0.3 is 14.2 Å². The molecule has 0 bridgehead atoms. The molecule has 0 amide bonds. The Labute approximate surface area is 89.7 Å².